The fourth-order valence-corrected chi connectivity index (χ4v) is 2.52. The van der Waals surface area contributed by atoms with Crippen LogP contribution in [0.2, 0.25) is 0 Å². The molecule has 0 saturated carbocycles. The van der Waals surface area contributed by atoms with Gasteiger partial charge in [0, 0.05) is 27.4 Å². The Morgan fingerprint density at radius 2 is 2.36 bits per heavy atom. The third kappa shape index (κ3) is 1.62. The molecule has 3 heteroatoms. The summed E-state index contributed by atoms with van der Waals surface area (Å²) in [4.78, 5) is 0. The largest absolute Gasteiger partial charge is 0.384 e. The van der Waals surface area contributed by atoms with Gasteiger partial charge in [-0.2, -0.15) is 5.26 Å². The molecule has 1 aliphatic rings. The van der Waals surface area contributed by atoms with Crippen LogP contribution in [0.3, 0.4) is 0 Å². The number of allylic oxidation sites excluding steroid dienone is 1. The van der Waals surface area contributed by atoms with Gasteiger partial charge in [-0.15, -0.1) is 0 Å². The van der Waals surface area contributed by atoms with Crippen LogP contribution in [0.15, 0.2) is 24.3 Å². The molecule has 70 valence electrons. The number of halogens is 1. The van der Waals surface area contributed by atoms with Crippen molar-refractivity contribution in [2.45, 2.75) is 6.42 Å². The lowest BCUT2D eigenvalue weighted by molar-refractivity contribution is 1.05. The topological polar surface area (TPSA) is 35.8 Å². The van der Waals surface area contributed by atoms with Crippen molar-refractivity contribution in [1.29, 1.82) is 5.26 Å². The summed E-state index contributed by atoms with van der Waals surface area (Å²) in [6.07, 6.45) is 2.59. The standard InChI is InChI=1S/C11H9IN2/c12-9-2-1-3-10-11(9)8(4-6-13)5-7-14-10/h1-4,14H,5,7H2/b8-4-. The minimum absolute atomic E-state index is 0.917. The van der Waals surface area contributed by atoms with Gasteiger partial charge in [-0.05, 0) is 46.7 Å². The second-order valence-corrected chi connectivity index (χ2v) is 4.30. The molecule has 0 amide bonds. The first-order valence-electron chi connectivity index (χ1n) is 4.44. The van der Waals surface area contributed by atoms with E-state index in [0.29, 0.717) is 0 Å². The summed E-state index contributed by atoms with van der Waals surface area (Å²) in [5.41, 5.74) is 3.48. The molecule has 1 aromatic rings. The molecule has 0 spiro atoms. The molecular formula is C11H9IN2. The first-order valence-corrected chi connectivity index (χ1v) is 5.52. The highest BCUT2D eigenvalue weighted by atomic mass is 127. The van der Waals surface area contributed by atoms with E-state index in [1.54, 1.807) is 6.08 Å². The molecule has 0 unspecified atom stereocenters. The van der Waals surface area contributed by atoms with E-state index in [1.807, 2.05) is 6.07 Å². The molecule has 2 nitrogen and oxygen atoms in total. The number of fused-ring (bicyclic) bond motifs is 1. The maximum atomic E-state index is 8.69. The van der Waals surface area contributed by atoms with E-state index < -0.39 is 0 Å². The van der Waals surface area contributed by atoms with Crippen molar-refractivity contribution in [3.05, 3.63) is 33.4 Å². The van der Waals surface area contributed by atoms with E-state index in [1.165, 1.54) is 9.13 Å². The molecule has 1 heterocycles. The highest BCUT2D eigenvalue weighted by Gasteiger charge is 2.15. The average Bonchev–Trinajstić information content (AvgIpc) is 2.19. The lowest BCUT2D eigenvalue weighted by Crippen LogP contribution is -2.11. The van der Waals surface area contributed by atoms with E-state index in [0.717, 1.165) is 24.2 Å². The minimum atomic E-state index is 0.917. The summed E-state index contributed by atoms with van der Waals surface area (Å²) in [5.74, 6) is 0. The van der Waals surface area contributed by atoms with E-state index in [-0.39, 0.29) is 0 Å². The summed E-state index contributed by atoms with van der Waals surface area (Å²) < 4.78 is 1.20. The van der Waals surface area contributed by atoms with E-state index in [9.17, 15) is 0 Å². The van der Waals surface area contributed by atoms with Crippen LogP contribution in [-0.4, -0.2) is 6.54 Å². The van der Waals surface area contributed by atoms with Crippen LogP contribution in [-0.2, 0) is 0 Å². The summed E-state index contributed by atoms with van der Waals surface area (Å²) in [7, 11) is 0. The monoisotopic (exact) mass is 296 g/mol. The van der Waals surface area contributed by atoms with Crippen LogP contribution in [0.4, 0.5) is 5.69 Å². The molecule has 1 aromatic carbocycles. The van der Waals surface area contributed by atoms with Crippen LogP contribution in [0.5, 0.6) is 0 Å². The smallest absolute Gasteiger partial charge is 0.0915 e. The summed E-state index contributed by atoms with van der Waals surface area (Å²) in [6.45, 7) is 0.917. The maximum Gasteiger partial charge on any atom is 0.0915 e. The van der Waals surface area contributed by atoms with E-state index in [2.05, 4.69) is 46.1 Å². The molecule has 14 heavy (non-hydrogen) atoms. The normalized spacial score (nSPS) is 17.0. The molecule has 0 bridgehead atoms. The summed E-state index contributed by atoms with van der Waals surface area (Å²) in [5, 5.41) is 12.0. The SMILES string of the molecule is N#C/C=C1/CCNc2cccc(I)c21. The van der Waals surface area contributed by atoms with Crippen LogP contribution in [0, 0.1) is 14.9 Å². The zero-order valence-corrected chi connectivity index (χ0v) is 9.71. The number of hydrogen-bond acceptors (Lipinski definition) is 2. The molecule has 0 aliphatic carbocycles. The van der Waals surface area contributed by atoms with Crippen LogP contribution in [0.25, 0.3) is 5.57 Å². The average molecular weight is 296 g/mol. The summed E-state index contributed by atoms with van der Waals surface area (Å²) in [6, 6.07) is 8.27. The lowest BCUT2D eigenvalue weighted by atomic mass is 9.97. The van der Waals surface area contributed by atoms with Crippen molar-refractivity contribution in [3.63, 3.8) is 0 Å². The van der Waals surface area contributed by atoms with Gasteiger partial charge >= 0.3 is 0 Å². The zero-order chi connectivity index (χ0) is 9.97. The summed E-state index contributed by atoms with van der Waals surface area (Å²) >= 11 is 2.31. The van der Waals surface area contributed by atoms with Crippen molar-refractivity contribution < 1.29 is 0 Å². The zero-order valence-electron chi connectivity index (χ0n) is 7.55. The van der Waals surface area contributed by atoms with Gasteiger partial charge in [-0.1, -0.05) is 6.07 Å². The fraction of sp³-hybridized carbons (Fsp3) is 0.182. The number of nitrogens with zero attached hydrogens (tertiary/aromatic N) is 1. The third-order valence-corrected chi connectivity index (χ3v) is 3.18. The Morgan fingerprint density at radius 3 is 3.14 bits per heavy atom. The number of anilines is 1. The molecule has 0 radical (unpaired) electrons. The molecule has 0 fully saturated rings. The first-order chi connectivity index (χ1) is 6.83. The molecule has 1 N–H and O–H groups in total. The molecule has 2 rings (SSSR count). The van der Waals surface area contributed by atoms with E-state index >= 15 is 0 Å². The number of rotatable bonds is 0. The highest BCUT2D eigenvalue weighted by molar-refractivity contribution is 14.1. The van der Waals surface area contributed by atoms with Gasteiger partial charge < -0.3 is 5.32 Å². The van der Waals surface area contributed by atoms with Crippen molar-refractivity contribution in [2.24, 2.45) is 0 Å². The van der Waals surface area contributed by atoms with Crippen LogP contribution < -0.4 is 5.32 Å². The molecule has 0 atom stereocenters. The van der Waals surface area contributed by atoms with Gasteiger partial charge in [0.2, 0.25) is 0 Å². The van der Waals surface area contributed by atoms with Crippen molar-refractivity contribution in [1.82, 2.24) is 0 Å². The Kier molecular flexibility index (Phi) is 2.73. The second kappa shape index (κ2) is 4.01. The molecule has 1 aliphatic heterocycles. The fourth-order valence-electron chi connectivity index (χ4n) is 1.68. The van der Waals surface area contributed by atoms with Crippen LogP contribution in [0.1, 0.15) is 12.0 Å². The maximum absolute atomic E-state index is 8.69. The first kappa shape index (κ1) is 9.53. The second-order valence-electron chi connectivity index (χ2n) is 3.14. The predicted octanol–water partition coefficient (Wildman–Crippen LogP) is 3.01. The molecular weight excluding hydrogens is 287 g/mol. The lowest BCUT2D eigenvalue weighted by Gasteiger charge is -2.21. The predicted molar refractivity (Wildman–Crippen MR) is 65.9 cm³/mol. The number of benzene rings is 1. The highest BCUT2D eigenvalue weighted by Crippen LogP contribution is 2.33. The van der Waals surface area contributed by atoms with Gasteiger partial charge in [0.05, 0.1) is 6.07 Å². The molecule has 0 aromatic heterocycles. The van der Waals surface area contributed by atoms with Crippen molar-refractivity contribution >= 4 is 33.9 Å². The Morgan fingerprint density at radius 1 is 1.50 bits per heavy atom. The van der Waals surface area contributed by atoms with Gasteiger partial charge in [-0.25, -0.2) is 0 Å². The van der Waals surface area contributed by atoms with Gasteiger partial charge in [-0.3, -0.25) is 0 Å². The number of nitrogens with one attached hydrogen (secondary N) is 1. The number of nitriles is 1. The van der Waals surface area contributed by atoms with Crippen molar-refractivity contribution in [2.75, 3.05) is 11.9 Å². The van der Waals surface area contributed by atoms with Crippen molar-refractivity contribution in [3.8, 4) is 6.07 Å². The Bertz CT molecular complexity index is 429. The van der Waals surface area contributed by atoms with Gasteiger partial charge in [0.1, 0.15) is 0 Å². The number of hydrogen-bond donors (Lipinski definition) is 1. The Balaban J connectivity index is 2.59. The third-order valence-electron chi connectivity index (χ3n) is 2.28. The van der Waals surface area contributed by atoms with Crippen LogP contribution >= 0.6 is 22.6 Å². The van der Waals surface area contributed by atoms with Gasteiger partial charge in [0.15, 0.2) is 0 Å². The quantitative estimate of drug-likeness (QED) is 0.590. The van der Waals surface area contributed by atoms with E-state index in [4.69, 9.17) is 5.26 Å². The Hall–Kier alpha value is -1.02. The van der Waals surface area contributed by atoms with Gasteiger partial charge in [0.25, 0.3) is 0 Å². The Labute approximate surface area is 96.8 Å². The molecule has 0 saturated heterocycles. The minimum Gasteiger partial charge on any atom is -0.384 e.